The Kier molecular flexibility index (Phi) is 4.99. The van der Waals surface area contributed by atoms with E-state index in [1.165, 1.54) is 18.4 Å². The lowest BCUT2D eigenvalue weighted by molar-refractivity contribution is -0.151. The molecule has 1 aromatic heterocycles. The molecule has 19 heavy (non-hydrogen) atoms. The lowest BCUT2D eigenvalue weighted by atomic mass is 9.74. The smallest absolute Gasteiger partial charge is 0.326 e. The quantitative estimate of drug-likeness (QED) is 0.841. The summed E-state index contributed by atoms with van der Waals surface area (Å²) in [5.74, 6) is 0.533. The Morgan fingerprint density at radius 3 is 3.11 bits per heavy atom. The molecule has 2 unspecified atom stereocenters. The average molecular weight is 281 g/mol. The fourth-order valence-electron chi connectivity index (χ4n) is 3.02. The summed E-state index contributed by atoms with van der Waals surface area (Å²) in [6.45, 7) is 2.96. The van der Waals surface area contributed by atoms with Gasteiger partial charge in [-0.05, 0) is 30.2 Å². The molecule has 1 fully saturated rings. The van der Waals surface area contributed by atoms with Crippen LogP contribution in [0.2, 0.25) is 0 Å². The van der Waals surface area contributed by atoms with Crippen molar-refractivity contribution < 1.29 is 9.53 Å². The van der Waals surface area contributed by atoms with E-state index in [0.29, 0.717) is 5.92 Å². The molecule has 0 aliphatic heterocycles. The Hall–Kier alpha value is -0.870. The Balaban J connectivity index is 2.08. The third kappa shape index (κ3) is 3.37. The van der Waals surface area contributed by atoms with E-state index >= 15 is 0 Å². The summed E-state index contributed by atoms with van der Waals surface area (Å²) < 4.78 is 5.06. The molecule has 2 rings (SSSR count). The standard InChI is InChI=1S/C15H23NO2S/c1-3-12-6-4-8-15(10-12,14(17)18-2)16-11-13-7-5-9-19-13/h5,7,9,12,16H,3-4,6,8,10-11H2,1-2H3. The van der Waals surface area contributed by atoms with Crippen molar-refractivity contribution in [2.24, 2.45) is 5.92 Å². The predicted octanol–water partition coefficient (Wildman–Crippen LogP) is 3.35. The third-order valence-corrected chi connectivity index (χ3v) is 5.06. The summed E-state index contributed by atoms with van der Waals surface area (Å²) in [5, 5.41) is 5.56. The van der Waals surface area contributed by atoms with Crippen LogP contribution in [0.15, 0.2) is 17.5 Å². The van der Waals surface area contributed by atoms with Crippen molar-refractivity contribution in [1.82, 2.24) is 5.32 Å². The molecule has 0 saturated heterocycles. The minimum absolute atomic E-state index is 0.0952. The summed E-state index contributed by atoms with van der Waals surface area (Å²) in [6, 6.07) is 4.14. The maximum Gasteiger partial charge on any atom is 0.326 e. The van der Waals surface area contributed by atoms with Gasteiger partial charge in [0.15, 0.2) is 0 Å². The van der Waals surface area contributed by atoms with Crippen LogP contribution in [-0.4, -0.2) is 18.6 Å². The fourth-order valence-corrected chi connectivity index (χ4v) is 3.67. The fraction of sp³-hybridized carbons (Fsp3) is 0.667. The number of rotatable bonds is 5. The monoisotopic (exact) mass is 281 g/mol. The van der Waals surface area contributed by atoms with Gasteiger partial charge in [0.05, 0.1) is 7.11 Å². The third-order valence-electron chi connectivity index (χ3n) is 4.19. The van der Waals surface area contributed by atoms with Crippen molar-refractivity contribution >= 4 is 17.3 Å². The zero-order valence-corrected chi connectivity index (χ0v) is 12.6. The van der Waals surface area contributed by atoms with Crippen molar-refractivity contribution in [2.45, 2.75) is 51.1 Å². The van der Waals surface area contributed by atoms with Crippen LogP contribution in [0.4, 0.5) is 0 Å². The highest BCUT2D eigenvalue weighted by Crippen LogP contribution is 2.35. The zero-order valence-electron chi connectivity index (χ0n) is 11.8. The second-order valence-electron chi connectivity index (χ2n) is 5.38. The Bertz CT molecular complexity index is 404. The van der Waals surface area contributed by atoms with Crippen LogP contribution in [0.1, 0.15) is 43.9 Å². The molecule has 1 aromatic rings. The lowest BCUT2D eigenvalue weighted by Crippen LogP contribution is -2.55. The van der Waals surface area contributed by atoms with Crippen LogP contribution in [0, 0.1) is 5.92 Å². The van der Waals surface area contributed by atoms with Gasteiger partial charge in [-0.15, -0.1) is 11.3 Å². The summed E-state index contributed by atoms with van der Waals surface area (Å²) in [6.07, 6.45) is 5.27. The van der Waals surface area contributed by atoms with Gasteiger partial charge in [0.25, 0.3) is 0 Å². The second-order valence-corrected chi connectivity index (χ2v) is 6.41. The van der Waals surface area contributed by atoms with Gasteiger partial charge in [-0.3, -0.25) is 10.1 Å². The van der Waals surface area contributed by atoms with E-state index in [1.807, 2.05) is 6.07 Å². The summed E-state index contributed by atoms with van der Waals surface area (Å²) in [7, 11) is 1.49. The SMILES string of the molecule is CCC1CCCC(NCc2cccs2)(C(=O)OC)C1. The van der Waals surface area contributed by atoms with E-state index in [4.69, 9.17) is 4.74 Å². The van der Waals surface area contributed by atoms with Crippen molar-refractivity contribution in [3.05, 3.63) is 22.4 Å². The summed E-state index contributed by atoms with van der Waals surface area (Å²) in [5.41, 5.74) is -0.475. The first-order valence-electron chi connectivity index (χ1n) is 7.06. The average Bonchev–Trinajstić information content (AvgIpc) is 2.97. The van der Waals surface area contributed by atoms with Gasteiger partial charge in [-0.2, -0.15) is 0 Å². The molecule has 4 heteroatoms. The lowest BCUT2D eigenvalue weighted by Gasteiger charge is -2.39. The molecule has 106 valence electrons. The molecule has 2 atom stereocenters. The van der Waals surface area contributed by atoms with E-state index in [0.717, 1.165) is 32.2 Å². The van der Waals surface area contributed by atoms with E-state index in [-0.39, 0.29) is 5.97 Å². The molecule has 0 bridgehead atoms. The van der Waals surface area contributed by atoms with Crippen LogP contribution in [0.5, 0.6) is 0 Å². The van der Waals surface area contributed by atoms with Crippen LogP contribution in [0.3, 0.4) is 0 Å². The molecular weight excluding hydrogens is 258 g/mol. The Labute approximate surface area is 119 Å². The highest BCUT2D eigenvalue weighted by molar-refractivity contribution is 7.09. The first-order chi connectivity index (χ1) is 9.20. The van der Waals surface area contributed by atoms with Gasteiger partial charge in [-0.1, -0.05) is 32.3 Å². The minimum Gasteiger partial charge on any atom is -0.468 e. The van der Waals surface area contributed by atoms with Crippen LogP contribution in [-0.2, 0) is 16.1 Å². The predicted molar refractivity (Wildman–Crippen MR) is 78.2 cm³/mol. The van der Waals surface area contributed by atoms with Gasteiger partial charge in [0, 0.05) is 11.4 Å². The minimum atomic E-state index is -0.475. The molecular formula is C15H23NO2S. The van der Waals surface area contributed by atoms with Gasteiger partial charge < -0.3 is 4.74 Å². The van der Waals surface area contributed by atoms with Gasteiger partial charge >= 0.3 is 5.97 Å². The molecule has 1 N–H and O–H groups in total. The molecule has 1 heterocycles. The maximum absolute atomic E-state index is 12.2. The van der Waals surface area contributed by atoms with Crippen LogP contribution in [0.25, 0.3) is 0 Å². The first kappa shape index (κ1) is 14.5. The summed E-state index contributed by atoms with van der Waals surface area (Å²) in [4.78, 5) is 13.5. The normalized spacial score (nSPS) is 27.2. The molecule has 1 saturated carbocycles. The number of nitrogens with one attached hydrogen (secondary N) is 1. The molecule has 0 radical (unpaired) electrons. The van der Waals surface area contributed by atoms with Crippen molar-refractivity contribution in [1.29, 1.82) is 0 Å². The maximum atomic E-state index is 12.2. The van der Waals surface area contributed by atoms with Crippen molar-refractivity contribution in [3.8, 4) is 0 Å². The molecule has 0 amide bonds. The van der Waals surface area contributed by atoms with Crippen molar-refractivity contribution in [2.75, 3.05) is 7.11 Å². The Morgan fingerprint density at radius 2 is 2.47 bits per heavy atom. The first-order valence-corrected chi connectivity index (χ1v) is 7.94. The van der Waals surface area contributed by atoms with Crippen molar-refractivity contribution in [3.63, 3.8) is 0 Å². The largest absolute Gasteiger partial charge is 0.468 e. The molecule has 0 aromatic carbocycles. The van der Waals surface area contributed by atoms with Gasteiger partial charge in [-0.25, -0.2) is 0 Å². The van der Waals surface area contributed by atoms with E-state index < -0.39 is 5.54 Å². The van der Waals surface area contributed by atoms with E-state index in [2.05, 4.69) is 23.7 Å². The number of hydrogen-bond acceptors (Lipinski definition) is 4. The second kappa shape index (κ2) is 6.53. The number of ether oxygens (including phenoxy) is 1. The molecule has 1 aliphatic carbocycles. The van der Waals surface area contributed by atoms with E-state index in [1.54, 1.807) is 11.3 Å². The Morgan fingerprint density at radius 1 is 1.63 bits per heavy atom. The molecule has 0 spiro atoms. The number of carbonyl (C=O) groups excluding carboxylic acids is 1. The highest BCUT2D eigenvalue weighted by Gasteiger charge is 2.42. The molecule has 3 nitrogen and oxygen atoms in total. The van der Waals surface area contributed by atoms with Gasteiger partial charge in [0.2, 0.25) is 0 Å². The highest BCUT2D eigenvalue weighted by atomic mass is 32.1. The number of thiophene rings is 1. The molecule has 1 aliphatic rings. The number of esters is 1. The number of methoxy groups -OCH3 is 1. The number of hydrogen-bond donors (Lipinski definition) is 1. The van der Waals surface area contributed by atoms with Crippen LogP contribution < -0.4 is 5.32 Å². The number of carbonyl (C=O) groups is 1. The van der Waals surface area contributed by atoms with Crippen LogP contribution >= 0.6 is 11.3 Å². The van der Waals surface area contributed by atoms with E-state index in [9.17, 15) is 4.79 Å². The summed E-state index contributed by atoms with van der Waals surface area (Å²) >= 11 is 1.72. The van der Waals surface area contributed by atoms with Gasteiger partial charge in [0.1, 0.15) is 5.54 Å². The zero-order chi connectivity index (χ0) is 13.7. The topological polar surface area (TPSA) is 38.3 Å².